The maximum absolute atomic E-state index is 10.2. The molecule has 0 aromatic carbocycles. The molecule has 0 amide bonds. The summed E-state index contributed by atoms with van der Waals surface area (Å²) < 4.78 is 21.3. The number of rotatable bonds is 0. The molecular weight excluding hydrogens is 204 g/mol. The van der Waals surface area contributed by atoms with E-state index < -0.39 is 17.9 Å². The average molecular weight is 218 g/mol. The van der Waals surface area contributed by atoms with Crippen LogP contribution in [0.25, 0.3) is 0 Å². The topological polar surface area (TPSA) is 77.4 Å². The highest BCUT2D eigenvalue weighted by Crippen LogP contribution is 2.45. The van der Waals surface area contributed by atoms with Crippen molar-refractivity contribution in [3.05, 3.63) is 0 Å². The first kappa shape index (κ1) is 9.95. The van der Waals surface area contributed by atoms with Gasteiger partial charge in [-0.05, 0) is 6.92 Å². The predicted molar refractivity (Wildman–Crippen MR) is 45.6 cm³/mol. The molecule has 2 bridgehead atoms. The molecule has 3 aliphatic heterocycles. The standard InChI is InChI=1S/C9H14O6/c1-5-2-8(10)9(11)7(14-5)12-3-6(15-9)4-13-8/h5-7,10-11H,2-4H2,1H3/t5-,6-,7+,8-,9+/m1/s1. The van der Waals surface area contributed by atoms with Gasteiger partial charge in [-0.2, -0.15) is 0 Å². The monoisotopic (exact) mass is 218 g/mol. The summed E-state index contributed by atoms with van der Waals surface area (Å²) in [6, 6.07) is 0. The van der Waals surface area contributed by atoms with Gasteiger partial charge in [-0.25, -0.2) is 0 Å². The van der Waals surface area contributed by atoms with Gasteiger partial charge in [0, 0.05) is 6.42 Å². The smallest absolute Gasteiger partial charge is 0.274 e. The van der Waals surface area contributed by atoms with Crippen LogP contribution in [0.5, 0.6) is 0 Å². The summed E-state index contributed by atoms with van der Waals surface area (Å²) in [5.74, 6) is -3.63. The van der Waals surface area contributed by atoms with E-state index in [1.807, 2.05) is 0 Å². The number of ether oxygens (including phenoxy) is 4. The summed E-state index contributed by atoms with van der Waals surface area (Å²) >= 11 is 0. The minimum atomic E-state index is -1.90. The summed E-state index contributed by atoms with van der Waals surface area (Å²) in [4.78, 5) is 0. The van der Waals surface area contributed by atoms with Gasteiger partial charge in [0.1, 0.15) is 6.10 Å². The lowest BCUT2D eigenvalue weighted by Gasteiger charge is -2.57. The van der Waals surface area contributed by atoms with E-state index >= 15 is 0 Å². The summed E-state index contributed by atoms with van der Waals surface area (Å²) in [7, 11) is 0. The Labute approximate surface area is 86.7 Å². The molecule has 0 unspecified atom stereocenters. The fourth-order valence-corrected chi connectivity index (χ4v) is 2.33. The molecule has 3 rings (SSSR count). The molecule has 3 fully saturated rings. The zero-order valence-corrected chi connectivity index (χ0v) is 8.38. The van der Waals surface area contributed by atoms with E-state index in [1.54, 1.807) is 6.92 Å². The van der Waals surface area contributed by atoms with Gasteiger partial charge in [0.2, 0.25) is 12.1 Å². The molecular formula is C9H14O6. The van der Waals surface area contributed by atoms with Crippen LogP contribution >= 0.6 is 0 Å². The Morgan fingerprint density at radius 2 is 2.07 bits per heavy atom. The van der Waals surface area contributed by atoms with Gasteiger partial charge in [0.25, 0.3) is 5.79 Å². The second-order valence-corrected chi connectivity index (χ2v) is 4.35. The van der Waals surface area contributed by atoms with Gasteiger partial charge in [-0.3, -0.25) is 0 Å². The highest BCUT2D eigenvalue weighted by molar-refractivity contribution is 4.99. The molecule has 0 aliphatic carbocycles. The Balaban J connectivity index is 1.98. The van der Waals surface area contributed by atoms with Crippen molar-refractivity contribution >= 4 is 0 Å². The molecule has 2 N–H and O–H groups in total. The van der Waals surface area contributed by atoms with Crippen molar-refractivity contribution in [2.45, 2.75) is 43.4 Å². The average Bonchev–Trinajstić information content (AvgIpc) is 2.17. The second kappa shape index (κ2) is 2.91. The molecule has 6 nitrogen and oxygen atoms in total. The summed E-state index contributed by atoms with van der Waals surface area (Å²) in [5.41, 5.74) is 0. The van der Waals surface area contributed by atoms with Crippen molar-refractivity contribution in [1.29, 1.82) is 0 Å². The number of fused-ring (bicyclic) bond motifs is 1. The van der Waals surface area contributed by atoms with Gasteiger partial charge in [-0.15, -0.1) is 0 Å². The minimum Gasteiger partial charge on any atom is -0.361 e. The molecule has 3 heterocycles. The van der Waals surface area contributed by atoms with Gasteiger partial charge >= 0.3 is 0 Å². The van der Waals surface area contributed by atoms with Gasteiger partial charge in [-0.1, -0.05) is 0 Å². The molecule has 6 heteroatoms. The van der Waals surface area contributed by atoms with Crippen molar-refractivity contribution in [2.24, 2.45) is 0 Å². The Bertz CT molecular complexity index is 284. The largest absolute Gasteiger partial charge is 0.361 e. The summed E-state index contributed by atoms with van der Waals surface area (Å²) in [5, 5.41) is 20.4. The highest BCUT2D eigenvalue weighted by atomic mass is 16.8. The first-order valence-electron chi connectivity index (χ1n) is 5.07. The molecule has 0 radical (unpaired) electrons. The van der Waals surface area contributed by atoms with Crippen LogP contribution in [0.15, 0.2) is 0 Å². The molecule has 5 atom stereocenters. The first-order valence-corrected chi connectivity index (χ1v) is 5.07. The van der Waals surface area contributed by atoms with Crippen molar-refractivity contribution in [3.8, 4) is 0 Å². The van der Waals surface area contributed by atoms with Crippen LogP contribution in [0.1, 0.15) is 13.3 Å². The SMILES string of the molecule is C[C@@H]1C[C@@]2(O)OC[C@H]3CO[C@@H](O1)[C@]2(O)O3. The molecule has 0 saturated carbocycles. The number of hydrogen-bond acceptors (Lipinski definition) is 6. The molecule has 0 aromatic heterocycles. The van der Waals surface area contributed by atoms with Crippen LogP contribution < -0.4 is 0 Å². The van der Waals surface area contributed by atoms with Crippen molar-refractivity contribution in [1.82, 2.24) is 0 Å². The molecule has 3 aliphatic rings. The Kier molecular flexibility index (Phi) is 1.93. The lowest BCUT2D eigenvalue weighted by molar-refractivity contribution is -0.530. The third kappa shape index (κ3) is 1.20. The van der Waals surface area contributed by atoms with E-state index in [0.29, 0.717) is 6.61 Å². The lowest BCUT2D eigenvalue weighted by Crippen LogP contribution is -2.76. The van der Waals surface area contributed by atoms with E-state index in [1.165, 1.54) is 0 Å². The normalized spacial score (nSPS) is 59.0. The minimum absolute atomic E-state index is 0.163. The summed E-state index contributed by atoms with van der Waals surface area (Å²) in [6.07, 6.45) is -1.42. The van der Waals surface area contributed by atoms with E-state index in [2.05, 4.69) is 0 Å². The molecule has 3 saturated heterocycles. The fourth-order valence-electron chi connectivity index (χ4n) is 2.33. The van der Waals surface area contributed by atoms with Crippen molar-refractivity contribution in [2.75, 3.05) is 13.2 Å². The first-order chi connectivity index (χ1) is 7.03. The van der Waals surface area contributed by atoms with Gasteiger partial charge in [0.05, 0.1) is 19.3 Å². The Hall–Kier alpha value is -0.240. The Morgan fingerprint density at radius 3 is 2.87 bits per heavy atom. The van der Waals surface area contributed by atoms with E-state index in [4.69, 9.17) is 18.9 Å². The van der Waals surface area contributed by atoms with Crippen LogP contribution in [0.4, 0.5) is 0 Å². The highest BCUT2D eigenvalue weighted by Gasteiger charge is 2.67. The van der Waals surface area contributed by atoms with Crippen molar-refractivity contribution in [3.63, 3.8) is 0 Å². The zero-order chi connectivity index (χ0) is 10.7. The van der Waals surface area contributed by atoms with Crippen LogP contribution in [0.3, 0.4) is 0 Å². The van der Waals surface area contributed by atoms with Crippen molar-refractivity contribution < 1.29 is 29.2 Å². The maximum Gasteiger partial charge on any atom is 0.274 e. The van der Waals surface area contributed by atoms with E-state index in [0.717, 1.165) is 0 Å². The third-order valence-electron chi connectivity index (χ3n) is 3.09. The number of aliphatic hydroxyl groups is 2. The van der Waals surface area contributed by atoms with Crippen LogP contribution in [0.2, 0.25) is 0 Å². The molecule has 0 spiro atoms. The van der Waals surface area contributed by atoms with Gasteiger partial charge in [0.15, 0.2) is 0 Å². The third-order valence-corrected chi connectivity index (χ3v) is 3.09. The molecule has 86 valence electrons. The predicted octanol–water partition coefficient (Wildman–Crippen LogP) is -1.06. The second-order valence-electron chi connectivity index (χ2n) is 4.35. The Morgan fingerprint density at radius 1 is 1.27 bits per heavy atom. The molecule has 0 aromatic rings. The van der Waals surface area contributed by atoms with E-state index in [-0.39, 0.29) is 25.2 Å². The molecule has 15 heavy (non-hydrogen) atoms. The van der Waals surface area contributed by atoms with Crippen LogP contribution in [-0.4, -0.2) is 53.5 Å². The summed E-state index contributed by atoms with van der Waals surface area (Å²) in [6.45, 7) is 2.30. The quantitative estimate of drug-likeness (QED) is 0.540. The van der Waals surface area contributed by atoms with E-state index in [9.17, 15) is 10.2 Å². The fraction of sp³-hybridized carbons (Fsp3) is 1.00. The zero-order valence-electron chi connectivity index (χ0n) is 8.38. The maximum atomic E-state index is 10.2. The van der Waals surface area contributed by atoms with Gasteiger partial charge < -0.3 is 29.2 Å². The van der Waals surface area contributed by atoms with Crippen LogP contribution in [0, 0.1) is 0 Å². The number of hydrogen-bond donors (Lipinski definition) is 2. The van der Waals surface area contributed by atoms with Crippen LogP contribution in [-0.2, 0) is 18.9 Å². The lowest BCUT2D eigenvalue weighted by atomic mass is 9.92.